The number of primary amides is 1. The zero-order chi connectivity index (χ0) is 19.4. The van der Waals surface area contributed by atoms with Gasteiger partial charge in [-0.1, -0.05) is 12.1 Å². The molecular weight excluding hydrogens is 334 g/mol. The van der Waals surface area contributed by atoms with Gasteiger partial charge in [0, 0.05) is 13.1 Å². The van der Waals surface area contributed by atoms with Crippen LogP contribution in [0.4, 0.5) is 4.79 Å². The summed E-state index contributed by atoms with van der Waals surface area (Å²) in [6.07, 6.45) is 2.44. The summed E-state index contributed by atoms with van der Waals surface area (Å²) in [6.45, 7) is 7.34. The Morgan fingerprint density at radius 3 is 2.38 bits per heavy atom. The van der Waals surface area contributed by atoms with Gasteiger partial charge in [0.2, 0.25) is 5.91 Å². The third kappa shape index (κ3) is 11.3. The van der Waals surface area contributed by atoms with Crippen LogP contribution in [0.15, 0.2) is 24.3 Å². The predicted molar refractivity (Wildman–Crippen MR) is 101 cm³/mol. The van der Waals surface area contributed by atoms with E-state index in [0.29, 0.717) is 19.7 Å². The molecule has 0 aliphatic rings. The Morgan fingerprint density at radius 2 is 1.77 bits per heavy atom. The average Bonchev–Trinajstić information content (AvgIpc) is 2.53. The summed E-state index contributed by atoms with van der Waals surface area (Å²) in [5.74, 6) is 0.414. The number of nitrogens with one attached hydrogen (secondary N) is 2. The summed E-state index contributed by atoms with van der Waals surface area (Å²) in [4.78, 5) is 22.1. The second-order valence-electron chi connectivity index (χ2n) is 7.02. The standard InChI is InChI=1S/C19H31N3O4/c1-19(2,3)26-18(24)22-11-5-4-6-15-7-9-16(10-8-15)25-13-12-21-14-17(20)23/h7-10,21H,4-6,11-14H2,1-3H3,(H2,20,23)(H,22,24). The highest BCUT2D eigenvalue weighted by atomic mass is 16.6. The summed E-state index contributed by atoms with van der Waals surface area (Å²) in [6, 6.07) is 7.94. The van der Waals surface area contributed by atoms with E-state index in [4.69, 9.17) is 15.2 Å². The van der Waals surface area contributed by atoms with Gasteiger partial charge in [0.15, 0.2) is 0 Å². The second kappa shape index (κ2) is 11.4. The van der Waals surface area contributed by atoms with Crippen molar-refractivity contribution in [3.8, 4) is 5.75 Å². The first kappa shape index (κ1) is 21.8. The molecule has 0 aliphatic carbocycles. The number of amides is 2. The summed E-state index contributed by atoms with van der Waals surface area (Å²) in [5.41, 5.74) is 5.79. The van der Waals surface area contributed by atoms with E-state index in [1.165, 1.54) is 5.56 Å². The molecule has 2 amide bonds. The minimum atomic E-state index is -0.466. The quantitative estimate of drug-likeness (QED) is 0.521. The molecule has 7 heteroatoms. The van der Waals surface area contributed by atoms with E-state index >= 15 is 0 Å². The maximum atomic E-state index is 11.5. The van der Waals surface area contributed by atoms with Crippen LogP contribution in [0.3, 0.4) is 0 Å². The van der Waals surface area contributed by atoms with E-state index in [9.17, 15) is 9.59 Å². The lowest BCUT2D eigenvalue weighted by molar-refractivity contribution is -0.117. The van der Waals surface area contributed by atoms with Gasteiger partial charge in [-0.25, -0.2) is 4.79 Å². The Bertz CT molecular complexity index is 553. The molecule has 0 saturated heterocycles. The number of alkyl carbamates (subject to hydrolysis) is 1. The summed E-state index contributed by atoms with van der Waals surface area (Å²) < 4.78 is 10.8. The topological polar surface area (TPSA) is 103 Å². The fourth-order valence-corrected chi connectivity index (χ4v) is 2.16. The van der Waals surface area contributed by atoms with Gasteiger partial charge in [-0.2, -0.15) is 0 Å². The molecule has 0 unspecified atom stereocenters. The Kier molecular flexibility index (Phi) is 9.51. The lowest BCUT2D eigenvalue weighted by Crippen LogP contribution is -2.33. The first-order valence-corrected chi connectivity index (χ1v) is 8.94. The van der Waals surface area contributed by atoms with Crippen molar-refractivity contribution in [3.05, 3.63) is 29.8 Å². The van der Waals surface area contributed by atoms with Crippen molar-refractivity contribution in [2.45, 2.75) is 45.6 Å². The number of unbranched alkanes of at least 4 members (excludes halogenated alkanes) is 1. The SMILES string of the molecule is CC(C)(C)OC(=O)NCCCCc1ccc(OCCNCC(N)=O)cc1. The van der Waals surface area contributed by atoms with Gasteiger partial charge < -0.3 is 25.8 Å². The van der Waals surface area contributed by atoms with Crippen molar-refractivity contribution in [2.24, 2.45) is 5.73 Å². The first-order chi connectivity index (χ1) is 12.3. The molecule has 1 aromatic carbocycles. The summed E-state index contributed by atoms with van der Waals surface area (Å²) in [7, 11) is 0. The highest BCUT2D eigenvalue weighted by molar-refractivity contribution is 5.75. The van der Waals surface area contributed by atoms with Crippen LogP contribution >= 0.6 is 0 Å². The number of rotatable bonds is 11. The van der Waals surface area contributed by atoms with Crippen molar-refractivity contribution in [1.82, 2.24) is 10.6 Å². The zero-order valence-electron chi connectivity index (χ0n) is 16.0. The fraction of sp³-hybridized carbons (Fsp3) is 0.579. The average molecular weight is 365 g/mol. The van der Waals surface area contributed by atoms with E-state index in [1.807, 2.05) is 45.0 Å². The van der Waals surface area contributed by atoms with Crippen molar-refractivity contribution in [3.63, 3.8) is 0 Å². The number of carbonyl (C=O) groups excluding carboxylic acids is 2. The molecule has 26 heavy (non-hydrogen) atoms. The molecule has 0 aliphatic heterocycles. The highest BCUT2D eigenvalue weighted by Gasteiger charge is 2.15. The molecule has 1 aromatic rings. The van der Waals surface area contributed by atoms with Crippen LogP contribution in [0.5, 0.6) is 5.75 Å². The Labute approximate surface area is 155 Å². The Morgan fingerprint density at radius 1 is 1.08 bits per heavy atom. The maximum absolute atomic E-state index is 11.5. The smallest absolute Gasteiger partial charge is 0.407 e. The van der Waals surface area contributed by atoms with E-state index in [-0.39, 0.29) is 18.5 Å². The van der Waals surface area contributed by atoms with Crippen LogP contribution in [-0.4, -0.2) is 43.8 Å². The maximum Gasteiger partial charge on any atom is 0.407 e. The van der Waals surface area contributed by atoms with Gasteiger partial charge in [0.25, 0.3) is 0 Å². The molecule has 146 valence electrons. The van der Waals surface area contributed by atoms with Crippen molar-refractivity contribution in [1.29, 1.82) is 0 Å². The Hall–Kier alpha value is -2.28. The fourth-order valence-electron chi connectivity index (χ4n) is 2.16. The lowest BCUT2D eigenvalue weighted by Gasteiger charge is -2.19. The van der Waals surface area contributed by atoms with Gasteiger partial charge in [-0.15, -0.1) is 0 Å². The molecule has 0 saturated carbocycles. The van der Waals surface area contributed by atoms with E-state index in [2.05, 4.69) is 10.6 Å². The molecular formula is C19H31N3O4. The number of hydrogen-bond donors (Lipinski definition) is 3. The van der Waals surface area contributed by atoms with Crippen LogP contribution in [0, 0.1) is 0 Å². The first-order valence-electron chi connectivity index (χ1n) is 8.94. The molecule has 0 heterocycles. The number of nitrogens with two attached hydrogens (primary N) is 1. The molecule has 7 nitrogen and oxygen atoms in total. The van der Waals surface area contributed by atoms with Gasteiger partial charge in [-0.05, 0) is 57.7 Å². The minimum Gasteiger partial charge on any atom is -0.492 e. The number of benzene rings is 1. The number of aryl methyl sites for hydroxylation is 1. The highest BCUT2D eigenvalue weighted by Crippen LogP contribution is 2.13. The van der Waals surface area contributed by atoms with E-state index < -0.39 is 5.60 Å². The van der Waals surface area contributed by atoms with Crippen molar-refractivity contribution >= 4 is 12.0 Å². The van der Waals surface area contributed by atoms with Gasteiger partial charge >= 0.3 is 6.09 Å². The summed E-state index contributed by atoms with van der Waals surface area (Å²) in [5, 5.41) is 5.65. The second-order valence-corrected chi connectivity index (χ2v) is 7.02. The van der Waals surface area contributed by atoms with E-state index in [0.717, 1.165) is 25.0 Å². The van der Waals surface area contributed by atoms with E-state index in [1.54, 1.807) is 0 Å². The van der Waals surface area contributed by atoms with Crippen LogP contribution < -0.4 is 21.1 Å². The third-order valence-electron chi connectivity index (χ3n) is 3.33. The van der Waals surface area contributed by atoms with Crippen LogP contribution in [-0.2, 0) is 16.0 Å². The number of carbonyl (C=O) groups is 2. The predicted octanol–water partition coefficient (Wildman–Crippen LogP) is 1.99. The summed E-state index contributed by atoms with van der Waals surface area (Å²) >= 11 is 0. The minimum absolute atomic E-state index is 0.158. The largest absolute Gasteiger partial charge is 0.492 e. The van der Waals surface area contributed by atoms with Gasteiger partial charge in [0.05, 0.1) is 6.54 Å². The van der Waals surface area contributed by atoms with Crippen molar-refractivity contribution in [2.75, 3.05) is 26.2 Å². The van der Waals surface area contributed by atoms with Crippen LogP contribution in [0.2, 0.25) is 0 Å². The third-order valence-corrected chi connectivity index (χ3v) is 3.33. The molecule has 0 spiro atoms. The van der Waals surface area contributed by atoms with Crippen LogP contribution in [0.1, 0.15) is 39.2 Å². The molecule has 0 radical (unpaired) electrons. The molecule has 0 atom stereocenters. The number of ether oxygens (including phenoxy) is 2. The normalized spacial score (nSPS) is 11.0. The molecule has 4 N–H and O–H groups in total. The lowest BCUT2D eigenvalue weighted by atomic mass is 10.1. The van der Waals surface area contributed by atoms with Crippen LogP contribution in [0.25, 0.3) is 0 Å². The molecule has 1 rings (SSSR count). The zero-order valence-corrected chi connectivity index (χ0v) is 16.0. The molecule has 0 aromatic heterocycles. The van der Waals surface area contributed by atoms with Crippen molar-refractivity contribution < 1.29 is 19.1 Å². The molecule has 0 fully saturated rings. The van der Waals surface area contributed by atoms with Gasteiger partial charge in [0.1, 0.15) is 18.0 Å². The molecule has 0 bridgehead atoms. The number of hydrogen-bond acceptors (Lipinski definition) is 5. The monoisotopic (exact) mass is 365 g/mol. The Balaban J connectivity index is 2.13. The van der Waals surface area contributed by atoms with Gasteiger partial charge in [-0.3, -0.25) is 4.79 Å².